The Kier molecular flexibility index (Phi) is 12.2. The standard InChI is InChI=1S/C48H67NO6SSi/c1-12-13-15-20-41(55-57(10,11)46(4,5)6)35-23-21-34(22-24-35)38-25-26-40(50)42(38)45(51)54-44-43(39-27-28-48(44,9)47(39,7)8)49(36-30-32(2)29-33(3)31-36)56(52,53)37-18-16-14-17-19-37/h14,16-19,21-24,29-31,38-39,41-44H,12-13,15,20,25-28H2,1-11H3/t38-,39-,41+,42-,43-,44?,48?/m1/s1. The lowest BCUT2D eigenvalue weighted by molar-refractivity contribution is -0.164. The molecule has 57 heavy (non-hydrogen) atoms. The number of anilines is 1. The summed E-state index contributed by atoms with van der Waals surface area (Å²) in [6.07, 6.45) is 6.05. The number of benzene rings is 3. The van der Waals surface area contributed by atoms with E-state index in [1.807, 2.05) is 38.1 Å². The maximum absolute atomic E-state index is 14.9. The molecule has 3 aliphatic carbocycles. The summed E-state index contributed by atoms with van der Waals surface area (Å²) in [6.45, 7) is 24.1. The van der Waals surface area contributed by atoms with Gasteiger partial charge in [-0.25, -0.2) is 8.42 Å². The van der Waals surface area contributed by atoms with Crippen LogP contribution in [0, 0.1) is 36.5 Å². The number of ether oxygens (including phenoxy) is 1. The van der Waals surface area contributed by atoms with Gasteiger partial charge in [0.15, 0.2) is 8.32 Å². The van der Waals surface area contributed by atoms with Crippen LogP contribution in [0.25, 0.3) is 0 Å². The fourth-order valence-electron chi connectivity index (χ4n) is 10.1. The van der Waals surface area contributed by atoms with Gasteiger partial charge >= 0.3 is 5.97 Å². The predicted octanol–water partition coefficient (Wildman–Crippen LogP) is 11.6. The maximum Gasteiger partial charge on any atom is 0.317 e. The van der Waals surface area contributed by atoms with Crippen LogP contribution in [0.3, 0.4) is 0 Å². The van der Waals surface area contributed by atoms with Crippen molar-refractivity contribution in [1.29, 1.82) is 0 Å². The van der Waals surface area contributed by atoms with Crippen LogP contribution in [-0.4, -0.2) is 40.6 Å². The summed E-state index contributed by atoms with van der Waals surface area (Å²) in [4.78, 5) is 28.6. The Morgan fingerprint density at radius 2 is 1.56 bits per heavy atom. The molecule has 7 atom stereocenters. The van der Waals surface area contributed by atoms with Crippen molar-refractivity contribution in [1.82, 2.24) is 0 Å². The van der Waals surface area contributed by atoms with E-state index in [1.54, 1.807) is 28.6 Å². The van der Waals surface area contributed by atoms with Crippen LogP contribution in [0.1, 0.15) is 134 Å². The molecular weight excluding hydrogens is 747 g/mol. The SMILES string of the molecule is CCCCC[C@H](O[Si](C)(C)C(C)(C)C)c1ccc([C@H]2CCC(=O)[C@@H]2C(=O)OC2[C@H](N(c3cc(C)cc(C)c3)S(=O)(=O)c3ccccc3)[C@H]3CCC2(C)C3(C)C)cc1. The van der Waals surface area contributed by atoms with E-state index in [1.165, 1.54) is 0 Å². The first kappa shape index (κ1) is 43.3. The molecule has 3 aromatic carbocycles. The van der Waals surface area contributed by atoms with Gasteiger partial charge in [-0.05, 0) is 116 Å². The zero-order valence-electron chi connectivity index (χ0n) is 36.4. The van der Waals surface area contributed by atoms with E-state index in [0.717, 1.165) is 60.8 Å². The molecule has 6 rings (SSSR count). The van der Waals surface area contributed by atoms with Gasteiger partial charge in [0.25, 0.3) is 10.0 Å². The van der Waals surface area contributed by atoms with Gasteiger partial charge in [-0.3, -0.25) is 13.9 Å². The molecular formula is C48H67NO6SSi. The molecule has 3 aromatic rings. The number of hydrogen-bond acceptors (Lipinski definition) is 6. The van der Waals surface area contributed by atoms with Crippen molar-refractivity contribution in [3.05, 3.63) is 95.1 Å². The summed E-state index contributed by atoms with van der Waals surface area (Å²) >= 11 is 0. The molecule has 7 nitrogen and oxygen atoms in total. The van der Waals surface area contributed by atoms with Gasteiger partial charge in [-0.1, -0.05) is 116 Å². The molecule has 9 heteroatoms. The summed E-state index contributed by atoms with van der Waals surface area (Å²) in [5.41, 5.74) is 3.68. The van der Waals surface area contributed by atoms with Crippen LogP contribution in [0.15, 0.2) is 77.7 Å². The molecule has 3 fully saturated rings. The van der Waals surface area contributed by atoms with Crippen LogP contribution >= 0.6 is 0 Å². The van der Waals surface area contributed by atoms with Crippen LogP contribution in [-0.2, 0) is 28.8 Å². The van der Waals surface area contributed by atoms with Crippen LogP contribution < -0.4 is 4.31 Å². The highest BCUT2D eigenvalue weighted by Crippen LogP contribution is 2.68. The van der Waals surface area contributed by atoms with E-state index in [-0.39, 0.29) is 39.1 Å². The Bertz CT molecular complexity index is 2020. The van der Waals surface area contributed by atoms with Crippen molar-refractivity contribution >= 4 is 35.8 Å². The van der Waals surface area contributed by atoms with Crippen LogP contribution in [0.2, 0.25) is 18.1 Å². The lowest BCUT2D eigenvalue weighted by atomic mass is 9.70. The van der Waals surface area contributed by atoms with Gasteiger partial charge < -0.3 is 9.16 Å². The molecule has 0 saturated heterocycles. The van der Waals surface area contributed by atoms with Gasteiger partial charge in [-0.2, -0.15) is 0 Å². The van der Waals surface area contributed by atoms with E-state index in [2.05, 4.69) is 85.8 Å². The topological polar surface area (TPSA) is 90.0 Å². The monoisotopic (exact) mass is 813 g/mol. The van der Waals surface area contributed by atoms with Crippen LogP contribution in [0.4, 0.5) is 5.69 Å². The average Bonchev–Trinajstić information content (AvgIpc) is 3.68. The van der Waals surface area contributed by atoms with Crippen molar-refractivity contribution < 1.29 is 27.2 Å². The van der Waals surface area contributed by atoms with Gasteiger partial charge in [0.05, 0.1) is 22.7 Å². The average molecular weight is 814 g/mol. The molecule has 0 aromatic heterocycles. The number of carbonyl (C=O) groups excluding carboxylic acids is 2. The molecule has 310 valence electrons. The number of unbranched alkanes of at least 4 members (excludes halogenated alkanes) is 2. The highest BCUT2D eigenvalue weighted by atomic mass is 32.2. The zero-order valence-corrected chi connectivity index (χ0v) is 38.2. The Morgan fingerprint density at radius 1 is 0.930 bits per heavy atom. The van der Waals surface area contributed by atoms with E-state index in [0.29, 0.717) is 18.5 Å². The quantitative estimate of drug-likeness (QED) is 0.0697. The number of ketones is 1. The lowest BCUT2D eigenvalue weighted by Gasteiger charge is -2.43. The number of nitrogens with zero attached hydrogens (tertiary/aromatic N) is 1. The number of esters is 1. The van der Waals surface area contributed by atoms with Gasteiger partial charge in [-0.15, -0.1) is 0 Å². The summed E-state index contributed by atoms with van der Waals surface area (Å²) in [5, 5.41) is 0.0829. The van der Waals surface area contributed by atoms with Crippen molar-refractivity contribution in [3.8, 4) is 0 Å². The number of aryl methyl sites for hydroxylation is 2. The minimum Gasteiger partial charge on any atom is -0.459 e. The van der Waals surface area contributed by atoms with E-state index < -0.39 is 47.8 Å². The summed E-state index contributed by atoms with van der Waals surface area (Å²) in [6, 6.07) is 22.2. The minimum atomic E-state index is -4.09. The molecule has 3 aliphatic rings. The lowest BCUT2D eigenvalue weighted by Crippen LogP contribution is -2.54. The van der Waals surface area contributed by atoms with Crippen LogP contribution in [0.5, 0.6) is 0 Å². The number of fused-ring (bicyclic) bond motifs is 2. The number of carbonyl (C=O) groups is 2. The number of hydrogen-bond donors (Lipinski definition) is 0. The predicted molar refractivity (Wildman–Crippen MR) is 232 cm³/mol. The number of Topliss-reactive ketones (excluding diaryl/α,β-unsaturated/α-hetero) is 1. The fraction of sp³-hybridized carbons (Fsp3) is 0.583. The second-order valence-corrected chi connectivity index (χ2v) is 26.3. The second kappa shape index (κ2) is 16.1. The van der Waals surface area contributed by atoms with Crippen molar-refractivity contribution in [2.75, 3.05) is 4.31 Å². The third-order valence-electron chi connectivity index (χ3n) is 14.8. The van der Waals surface area contributed by atoms with E-state index >= 15 is 0 Å². The first-order chi connectivity index (χ1) is 26.6. The number of sulfonamides is 1. The number of rotatable bonds is 14. The normalized spacial score (nSPS) is 26.4. The molecule has 0 spiro atoms. The molecule has 0 aliphatic heterocycles. The van der Waals surface area contributed by atoms with Crippen molar-refractivity contribution in [2.24, 2.45) is 22.7 Å². The molecule has 2 unspecified atom stereocenters. The Hall–Kier alpha value is -3.27. The van der Waals surface area contributed by atoms with Gasteiger partial charge in [0, 0.05) is 17.8 Å². The summed E-state index contributed by atoms with van der Waals surface area (Å²) < 4.78 is 45.1. The third-order valence-corrected chi connectivity index (χ3v) is 21.1. The molecule has 3 saturated carbocycles. The van der Waals surface area contributed by atoms with Gasteiger partial charge in [0.1, 0.15) is 17.8 Å². The summed E-state index contributed by atoms with van der Waals surface area (Å²) in [7, 11) is -6.14. The Morgan fingerprint density at radius 3 is 2.16 bits per heavy atom. The zero-order chi connectivity index (χ0) is 41.7. The minimum absolute atomic E-state index is 0.0106. The highest BCUT2D eigenvalue weighted by Gasteiger charge is 2.70. The molecule has 0 radical (unpaired) electrons. The Labute approximate surface area is 344 Å². The van der Waals surface area contributed by atoms with Gasteiger partial charge in [0.2, 0.25) is 0 Å². The maximum atomic E-state index is 14.9. The Balaban J connectivity index is 1.34. The molecule has 2 bridgehead atoms. The molecule has 0 N–H and O–H groups in total. The van der Waals surface area contributed by atoms with Crippen molar-refractivity contribution in [3.63, 3.8) is 0 Å². The fourth-order valence-corrected chi connectivity index (χ4v) is 13.1. The van der Waals surface area contributed by atoms with Crippen molar-refractivity contribution in [2.45, 2.75) is 161 Å². The largest absolute Gasteiger partial charge is 0.459 e. The first-order valence-electron chi connectivity index (χ1n) is 21.3. The second-order valence-electron chi connectivity index (χ2n) is 19.7. The molecule has 0 heterocycles. The first-order valence-corrected chi connectivity index (χ1v) is 25.7. The molecule has 0 amide bonds. The highest BCUT2D eigenvalue weighted by molar-refractivity contribution is 7.92. The smallest absolute Gasteiger partial charge is 0.317 e. The van der Waals surface area contributed by atoms with E-state index in [9.17, 15) is 18.0 Å². The summed E-state index contributed by atoms with van der Waals surface area (Å²) in [5.74, 6) is -2.00. The van der Waals surface area contributed by atoms with E-state index in [4.69, 9.17) is 9.16 Å². The third kappa shape index (κ3) is 8.06.